The van der Waals surface area contributed by atoms with Gasteiger partial charge in [-0.3, -0.25) is 9.48 Å². The first-order valence-electron chi connectivity index (χ1n) is 7.43. The van der Waals surface area contributed by atoms with E-state index in [1.54, 1.807) is 6.20 Å². The second-order valence-corrected chi connectivity index (χ2v) is 5.61. The first-order chi connectivity index (χ1) is 10.8. The summed E-state index contributed by atoms with van der Waals surface area (Å²) in [5, 5.41) is 12.2. The molecule has 0 saturated carbocycles. The number of fused-ring (bicyclic) bond motifs is 2. The van der Waals surface area contributed by atoms with E-state index in [2.05, 4.69) is 15.6 Å². The third kappa shape index (κ3) is 2.36. The maximum atomic E-state index is 12.3. The molecule has 0 saturated heterocycles. The average molecular weight is 296 g/mol. The number of carbonyl (C=O) groups excluding carboxylic acids is 1. The zero-order valence-electron chi connectivity index (χ0n) is 12.0. The number of carbonyl (C=O) groups is 1. The molecule has 0 aliphatic carbocycles. The Morgan fingerprint density at radius 2 is 2.27 bits per heavy atom. The quantitative estimate of drug-likeness (QED) is 0.798. The van der Waals surface area contributed by atoms with E-state index < -0.39 is 0 Å². The molecule has 0 fully saturated rings. The van der Waals surface area contributed by atoms with Gasteiger partial charge in [-0.25, -0.2) is 0 Å². The minimum Gasteiger partial charge on any atom is -0.356 e. The monoisotopic (exact) mass is 296 g/mol. The van der Waals surface area contributed by atoms with Crippen LogP contribution in [0, 0.1) is 0 Å². The van der Waals surface area contributed by atoms with Crippen LogP contribution in [-0.2, 0) is 24.2 Å². The summed E-state index contributed by atoms with van der Waals surface area (Å²) < 4.78 is 7.23. The molecule has 112 valence electrons. The molecule has 3 heterocycles. The maximum Gasteiger partial charge on any atom is 0.226 e. The number of para-hydroxylation sites is 1. The van der Waals surface area contributed by atoms with Crippen molar-refractivity contribution < 1.29 is 9.32 Å². The summed E-state index contributed by atoms with van der Waals surface area (Å²) in [6, 6.07) is 9.75. The van der Waals surface area contributed by atoms with Crippen molar-refractivity contribution >= 4 is 16.9 Å². The van der Waals surface area contributed by atoms with E-state index >= 15 is 0 Å². The molecule has 22 heavy (non-hydrogen) atoms. The number of rotatable bonds is 3. The maximum absolute atomic E-state index is 12.3. The molecular formula is C16H16N4O2. The summed E-state index contributed by atoms with van der Waals surface area (Å²) in [6.45, 7) is 0.847. The Bertz CT molecular complexity index is 820. The lowest BCUT2D eigenvalue weighted by molar-refractivity contribution is -0.121. The Morgan fingerprint density at radius 3 is 3.23 bits per heavy atom. The summed E-state index contributed by atoms with van der Waals surface area (Å²) in [7, 11) is 0. The smallest absolute Gasteiger partial charge is 0.226 e. The summed E-state index contributed by atoms with van der Waals surface area (Å²) >= 11 is 0. The van der Waals surface area contributed by atoms with Gasteiger partial charge in [-0.1, -0.05) is 17.3 Å². The molecule has 3 aromatic rings. The van der Waals surface area contributed by atoms with Crippen molar-refractivity contribution in [3.05, 3.63) is 47.9 Å². The second kappa shape index (κ2) is 5.29. The van der Waals surface area contributed by atoms with Crippen LogP contribution in [0.15, 0.2) is 41.1 Å². The van der Waals surface area contributed by atoms with E-state index in [1.807, 2.05) is 35.0 Å². The van der Waals surface area contributed by atoms with E-state index in [0.29, 0.717) is 11.3 Å². The molecule has 6 nitrogen and oxygen atoms in total. The second-order valence-electron chi connectivity index (χ2n) is 5.61. The summed E-state index contributed by atoms with van der Waals surface area (Å²) in [4.78, 5) is 12.3. The Labute approximate surface area is 127 Å². The molecule has 0 bridgehead atoms. The summed E-state index contributed by atoms with van der Waals surface area (Å²) in [6.07, 6.45) is 3.78. The fourth-order valence-corrected chi connectivity index (χ4v) is 2.99. The lowest BCUT2D eigenvalue weighted by Crippen LogP contribution is -2.41. The third-order valence-electron chi connectivity index (χ3n) is 4.09. The molecule has 1 aromatic carbocycles. The van der Waals surface area contributed by atoms with Crippen molar-refractivity contribution in [2.75, 3.05) is 0 Å². The molecule has 2 aromatic heterocycles. The highest BCUT2D eigenvalue weighted by molar-refractivity contribution is 5.86. The summed E-state index contributed by atoms with van der Waals surface area (Å²) in [5.74, 6) is -0.0166. The summed E-state index contributed by atoms with van der Waals surface area (Å²) in [5.41, 5.74) is 2.57. The number of amides is 1. The number of hydrogen-bond donors (Lipinski definition) is 1. The van der Waals surface area contributed by atoms with Crippen molar-refractivity contribution in [1.82, 2.24) is 20.3 Å². The predicted molar refractivity (Wildman–Crippen MR) is 80.2 cm³/mol. The molecule has 1 aliphatic rings. The van der Waals surface area contributed by atoms with Gasteiger partial charge in [0.25, 0.3) is 0 Å². The largest absolute Gasteiger partial charge is 0.356 e. The van der Waals surface area contributed by atoms with E-state index in [-0.39, 0.29) is 18.4 Å². The van der Waals surface area contributed by atoms with Crippen LogP contribution >= 0.6 is 0 Å². The average Bonchev–Trinajstić information content (AvgIpc) is 3.14. The van der Waals surface area contributed by atoms with Crippen molar-refractivity contribution in [2.45, 2.75) is 31.8 Å². The van der Waals surface area contributed by atoms with Gasteiger partial charge in [-0.15, -0.1) is 0 Å². The van der Waals surface area contributed by atoms with Crippen LogP contribution in [0.5, 0.6) is 0 Å². The highest BCUT2D eigenvalue weighted by Crippen LogP contribution is 2.18. The van der Waals surface area contributed by atoms with Crippen LogP contribution in [0.2, 0.25) is 0 Å². The Kier molecular flexibility index (Phi) is 3.14. The fraction of sp³-hybridized carbons (Fsp3) is 0.312. The normalized spacial score (nSPS) is 17.4. The van der Waals surface area contributed by atoms with Crippen LogP contribution in [0.3, 0.4) is 0 Å². The zero-order chi connectivity index (χ0) is 14.9. The number of benzene rings is 1. The third-order valence-corrected chi connectivity index (χ3v) is 4.09. The standard InChI is InChI=1S/C16H16N4O2/c21-16(10-14-13-3-1-2-4-15(13)22-19-14)18-11-6-8-20-12(9-11)5-7-17-20/h1-5,7,11H,6,8-10H2,(H,18,21). The lowest BCUT2D eigenvalue weighted by Gasteiger charge is -2.24. The number of aromatic nitrogens is 3. The van der Waals surface area contributed by atoms with Crippen molar-refractivity contribution in [1.29, 1.82) is 0 Å². The highest BCUT2D eigenvalue weighted by Gasteiger charge is 2.21. The Morgan fingerprint density at radius 1 is 1.36 bits per heavy atom. The minimum atomic E-state index is -0.0166. The molecular weight excluding hydrogens is 280 g/mol. The van der Waals surface area contributed by atoms with E-state index in [4.69, 9.17) is 4.52 Å². The highest BCUT2D eigenvalue weighted by atomic mass is 16.5. The van der Waals surface area contributed by atoms with Crippen molar-refractivity contribution in [3.63, 3.8) is 0 Å². The van der Waals surface area contributed by atoms with Gasteiger partial charge in [-0.2, -0.15) is 5.10 Å². The first kappa shape index (κ1) is 13.1. The Hall–Kier alpha value is -2.63. The van der Waals surface area contributed by atoms with Gasteiger partial charge in [-0.05, 0) is 24.6 Å². The zero-order valence-corrected chi connectivity index (χ0v) is 12.0. The van der Waals surface area contributed by atoms with E-state index in [0.717, 1.165) is 24.8 Å². The van der Waals surface area contributed by atoms with Gasteiger partial charge in [0, 0.05) is 36.3 Å². The van der Waals surface area contributed by atoms with E-state index in [9.17, 15) is 4.79 Å². The van der Waals surface area contributed by atoms with Crippen LogP contribution in [0.25, 0.3) is 11.0 Å². The molecule has 1 unspecified atom stereocenters. The van der Waals surface area contributed by atoms with Gasteiger partial charge in [0.15, 0.2) is 5.58 Å². The molecule has 1 atom stereocenters. The van der Waals surface area contributed by atoms with Gasteiger partial charge < -0.3 is 9.84 Å². The minimum absolute atomic E-state index is 0.0166. The molecule has 1 N–H and O–H groups in total. The van der Waals surface area contributed by atoms with Crippen molar-refractivity contribution in [3.8, 4) is 0 Å². The van der Waals surface area contributed by atoms with Gasteiger partial charge >= 0.3 is 0 Å². The molecule has 0 spiro atoms. The number of nitrogens with zero attached hydrogens (tertiary/aromatic N) is 3. The van der Waals surface area contributed by atoms with Gasteiger partial charge in [0.05, 0.1) is 6.42 Å². The molecule has 0 radical (unpaired) electrons. The van der Waals surface area contributed by atoms with Crippen LogP contribution < -0.4 is 5.32 Å². The van der Waals surface area contributed by atoms with Gasteiger partial charge in [0.2, 0.25) is 5.91 Å². The lowest BCUT2D eigenvalue weighted by atomic mass is 10.0. The number of hydrogen-bond acceptors (Lipinski definition) is 4. The van der Waals surface area contributed by atoms with Crippen LogP contribution in [0.4, 0.5) is 0 Å². The molecule has 6 heteroatoms. The van der Waals surface area contributed by atoms with Gasteiger partial charge in [0.1, 0.15) is 5.69 Å². The molecule has 1 amide bonds. The predicted octanol–water partition coefficient (Wildman–Crippen LogP) is 1.70. The van der Waals surface area contributed by atoms with Crippen LogP contribution in [-0.4, -0.2) is 26.9 Å². The van der Waals surface area contributed by atoms with Crippen molar-refractivity contribution in [2.24, 2.45) is 0 Å². The van der Waals surface area contributed by atoms with Crippen LogP contribution in [0.1, 0.15) is 17.8 Å². The first-order valence-corrected chi connectivity index (χ1v) is 7.43. The number of aryl methyl sites for hydroxylation is 1. The SMILES string of the molecule is O=C(Cc1noc2ccccc12)NC1CCn2nccc2C1. The van der Waals surface area contributed by atoms with E-state index in [1.165, 1.54) is 5.69 Å². The number of nitrogens with one attached hydrogen (secondary N) is 1. The fourth-order valence-electron chi connectivity index (χ4n) is 2.99. The molecule has 4 rings (SSSR count). The molecule has 1 aliphatic heterocycles. The topological polar surface area (TPSA) is 73.0 Å². The Balaban J connectivity index is 1.43.